The van der Waals surface area contributed by atoms with Crippen LogP contribution in [0, 0.1) is 40.4 Å². The molecule has 2 bridgehead atoms. The van der Waals surface area contributed by atoms with Crippen LogP contribution in [-0.2, 0) is 4.57 Å². The highest BCUT2D eigenvalue weighted by Crippen LogP contribution is 2.65. The first kappa shape index (κ1) is 19.9. The van der Waals surface area contributed by atoms with Crippen LogP contribution >= 0.6 is 7.14 Å². The fourth-order valence-electron chi connectivity index (χ4n) is 7.46. The van der Waals surface area contributed by atoms with Crippen LogP contribution in [0.4, 0.5) is 0 Å². The Bertz CT molecular complexity index is 550. The Morgan fingerprint density at radius 1 is 0.880 bits per heavy atom. The van der Waals surface area contributed by atoms with Crippen molar-refractivity contribution >= 4 is 7.14 Å². The van der Waals surface area contributed by atoms with Crippen molar-refractivity contribution in [2.24, 2.45) is 40.4 Å². The largest absolute Gasteiger partial charge is 0.393 e. The minimum Gasteiger partial charge on any atom is -0.393 e. The predicted molar refractivity (Wildman–Crippen MR) is 108 cm³/mol. The fourth-order valence-corrected chi connectivity index (χ4v) is 9.67. The molecule has 0 radical (unpaired) electrons. The third kappa shape index (κ3) is 3.18. The maximum atomic E-state index is 13.2. The Balaban J connectivity index is 2.05. The number of aliphatic hydroxyl groups excluding tert-OH is 1. The van der Waals surface area contributed by atoms with Gasteiger partial charge in [0.1, 0.15) is 0 Å². The number of rotatable bonds is 1. The van der Waals surface area contributed by atoms with Crippen molar-refractivity contribution in [3.63, 3.8) is 0 Å². The lowest BCUT2D eigenvalue weighted by Gasteiger charge is -2.60. The molecule has 1 N–H and O–H groups in total. The lowest BCUT2D eigenvalue weighted by molar-refractivity contribution is -0.120. The Kier molecular flexibility index (Phi) is 5.08. The molecule has 0 aromatic carbocycles. The number of hydrogen-bond donors (Lipinski definition) is 1. The van der Waals surface area contributed by atoms with Crippen molar-refractivity contribution in [3.8, 4) is 0 Å². The minimum absolute atomic E-state index is 0.0533. The monoisotopic (exact) mass is 368 g/mol. The van der Waals surface area contributed by atoms with Crippen LogP contribution in [0.5, 0.6) is 0 Å². The highest BCUT2D eigenvalue weighted by Gasteiger charge is 2.57. The first-order chi connectivity index (χ1) is 11.4. The van der Waals surface area contributed by atoms with Gasteiger partial charge in [-0.15, -0.1) is 0 Å². The molecule has 3 aliphatic rings. The molecule has 3 fully saturated rings. The van der Waals surface area contributed by atoms with E-state index in [2.05, 4.69) is 34.6 Å². The van der Waals surface area contributed by atoms with Gasteiger partial charge in [0.25, 0.3) is 0 Å². The van der Waals surface area contributed by atoms with E-state index in [9.17, 15) is 9.67 Å². The zero-order valence-corrected chi connectivity index (χ0v) is 18.5. The highest BCUT2D eigenvalue weighted by molar-refractivity contribution is 7.63. The van der Waals surface area contributed by atoms with Gasteiger partial charge < -0.3 is 9.67 Å². The van der Waals surface area contributed by atoms with Gasteiger partial charge in [-0.1, -0.05) is 34.6 Å². The zero-order valence-electron chi connectivity index (χ0n) is 17.6. The summed E-state index contributed by atoms with van der Waals surface area (Å²) in [6, 6.07) is 0. The van der Waals surface area contributed by atoms with Crippen LogP contribution in [0.3, 0.4) is 0 Å². The molecule has 2 unspecified atom stereocenters. The summed E-state index contributed by atoms with van der Waals surface area (Å²) in [6.45, 7) is 16.1. The summed E-state index contributed by atoms with van der Waals surface area (Å²) in [5, 5.41) is 10.9. The van der Waals surface area contributed by atoms with Gasteiger partial charge in [0, 0.05) is 5.66 Å². The molecule has 3 heteroatoms. The van der Waals surface area contributed by atoms with Crippen molar-refractivity contribution < 1.29 is 9.67 Å². The summed E-state index contributed by atoms with van der Waals surface area (Å²) in [7, 11) is -2.12. The Morgan fingerprint density at radius 3 is 2.12 bits per heavy atom. The lowest BCUT2D eigenvalue weighted by atomic mass is 9.48. The smallest absolute Gasteiger partial charge is 0.0851 e. The van der Waals surface area contributed by atoms with E-state index in [1.807, 2.05) is 13.3 Å². The van der Waals surface area contributed by atoms with E-state index in [0.29, 0.717) is 35.2 Å². The van der Waals surface area contributed by atoms with Crippen LogP contribution in [0.1, 0.15) is 73.1 Å². The topological polar surface area (TPSA) is 37.3 Å². The van der Waals surface area contributed by atoms with Crippen LogP contribution in [-0.4, -0.2) is 30.2 Å². The quantitative estimate of drug-likeness (QED) is 0.587. The summed E-state index contributed by atoms with van der Waals surface area (Å²) in [4.78, 5) is 0. The molecule has 0 aromatic heterocycles. The number of fused-ring (bicyclic) bond motifs is 3. The van der Waals surface area contributed by atoms with Crippen LogP contribution in [0.2, 0.25) is 0 Å². The average molecular weight is 369 g/mol. The Hall–Kier alpha value is 0.190. The second-order valence-corrected chi connectivity index (χ2v) is 14.7. The first-order valence-electron chi connectivity index (χ1n) is 10.6. The number of aliphatic hydroxyl groups is 1. The van der Waals surface area contributed by atoms with Crippen molar-refractivity contribution in [2.75, 3.05) is 13.3 Å². The summed E-state index contributed by atoms with van der Waals surface area (Å²) in [5.41, 5.74) is 0.674. The van der Waals surface area contributed by atoms with Crippen LogP contribution in [0.25, 0.3) is 0 Å². The molecule has 0 saturated heterocycles. The van der Waals surface area contributed by atoms with Gasteiger partial charge in [0.05, 0.1) is 13.2 Å². The molecule has 8 atom stereocenters. The molecule has 146 valence electrons. The summed E-state index contributed by atoms with van der Waals surface area (Å²) >= 11 is 0. The summed E-state index contributed by atoms with van der Waals surface area (Å²) < 4.78 is 13.2. The van der Waals surface area contributed by atoms with Crippen molar-refractivity contribution in [3.05, 3.63) is 0 Å². The van der Waals surface area contributed by atoms with E-state index in [-0.39, 0.29) is 16.9 Å². The molecule has 0 aromatic rings. The third-order valence-electron chi connectivity index (χ3n) is 9.17. The Morgan fingerprint density at radius 2 is 1.52 bits per heavy atom. The van der Waals surface area contributed by atoms with E-state index in [1.54, 1.807) is 0 Å². The molecule has 0 amide bonds. The van der Waals surface area contributed by atoms with Gasteiger partial charge in [-0.2, -0.15) is 0 Å². The van der Waals surface area contributed by atoms with E-state index in [4.69, 9.17) is 0 Å². The summed E-state index contributed by atoms with van der Waals surface area (Å²) in [6.07, 6.45) is 6.66. The maximum absolute atomic E-state index is 13.2. The molecule has 2 nitrogen and oxygen atoms in total. The highest BCUT2D eigenvalue weighted by atomic mass is 31.2. The van der Waals surface area contributed by atoms with Gasteiger partial charge in [-0.3, -0.25) is 0 Å². The number of hydrogen-bond acceptors (Lipinski definition) is 2. The second-order valence-electron chi connectivity index (χ2n) is 11.2. The average Bonchev–Trinajstić information content (AvgIpc) is 2.47. The zero-order chi connectivity index (χ0) is 18.8. The van der Waals surface area contributed by atoms with Crippen molar-refractivity contribution in [1.82, 2.24) is 0 Å². The minimum atomic E-state index is -2.12. The van der Waals surface area contributed by atoms with Crippen LogP contribution in [0.15, 0.2) is 0 Å². The molecule has 3 aliphatic carbocycles. The SMILES string of the molecule is C[C@@H]1CCC(O)[C@@]2(C)CC[C@H]3[C@H](C)CC(P(C)(C)=O)[C@@H](C[C@H]12)C3(C)C. The second kappa shape index (κ2) is 6.37. The molecular weight excluding hydrogens is 327 g/mol. The van der Waals surface area contributed by atoms with Gasteiger partial charge in [-0.05, 0) is 92.3 Å². The first-order valence-corrected chi connectivity index (χ1v) is 13.3. The molecule has 25 heavy (non-hydrogen) atoms. The fraction of sp³-hybridized carbons (Fsp3) is 1.00. The Labute approximate surface area is 155 Å². The van der Waals surface area contributed by atoms with E-state index in [1.165, 1.54) is 12.8 Å². The molecule has 3 saturated carbocycles. The molecule has 0 aliphatic heterocycles. The van der Waals surface area contributed by atoms with Gasteiger partial charge in [0.2, 0.25) is 0 Å². The summed E-state index contributed by atoms with van der Waals surface area (Å²) in [5.74, 6) is 3.12. The third-order valence-corrected chi connectivity index (χ3v) is 11.3. The van der Waals surface area contributed by atoms with E-state index < -0.39 is 7.14 Å². The van der Waals surface area contributed by atoms with Crippen molar-refractivity contribution in [1.29, 1.82) is 0 Å². The molecule has 0 spiro atoms. The van der Waals surface area contributed by atoms with Gasteiger partial charge in [-0.25, -0.2) is 0 Å². The lowest BCUT2D eigenvalue weighted by Crippen LogP contribution is -2.55. The van der Waals surface area contributed by atoms with E-state index >= 15 is 0 Å². The molecule has 3 rings (SSSR count). The molecular formula is C22H41O2P. The predicted octanol–water partition coefficient (Wildman–Crippen LogP) is 5.87. The van der Waals surface area contributed by atoms with Crippen LogP contribution < -0.4 is 0 Å². The van der Waals surface area contributed by atoms with Crippen molar-refractivity contribution in [2.45, 2.75) is 84.9 Å². The van der Waals surface area contributed by atoms with Gasteiger partial charge in [0.15, 0.2) is 0 Å². The maximum Gasteiger partial charge on any atom is 0.0851 e. The van der Waals surface area contributed by atoms with E-state index in [0.717, 1.165) is 25.7 Å². The molecule has 0 heterocycles. The normalized spacial score (nSPS) is 50.5. The standard InChI is InChI=1S/C22H41O2P/c1-14-8-9-20(23)22(5)11-10-16-15(2)12-19(25(6,7)24)18(13-17(14)22)21(16,3)4/h14-20,23H,8-13H2,1-7H3/t14-,15-,16+,17-,18-,19?,20?,22+/m1/s1. The van der Waals surface area contributed by atoms with Gasteiger partial charge >= 0.3 is 0 Å².